The summed E-state index contributed by atoms with van der Waals surface area (Å²) in [6.07, 6.45) is 0. The van der Waals surface area contributed by atoms with Crippen molar-refractivity contribution in [3.8, 4) is 17.2 Å². The number of carbonyl (C=O) groups excluding carboxylic acids is 2. The average Bonchev–Trinajstić information content (AvgIpc) is 2.81. The van der Waals surface area contributed by atoms with Crippen molar-refractivity contribution in [2.45, 2.75) is 26.0 Å². The number of ether oxygens (including phenoxy) is 2. The summed E-state index contributed by atoms with van der Waals surface area (Å²) in [6.45, 7) is 6.29. The Balaban J connectivity index is 1.53. The van der Waals surface area contributed by atoms with Crippen LogP contribution in [-0.4, -0.2) is 29.4 Å². The fourth-order valence-electron chi connectivity index (χ4n) is 2.90. The number of hydrogen-bond donors (Lipinski definition) is 2. The Kier molecular flexibility index (Phi) is 8.78. The minimum atomic E-state index is -0.424. The summed E-state index contributed by atoms with van der Waals surface area (Å²) in [4.78, 5) is 24.9. The van der Waals surface area contributed by atoms with E-state index in [1.165, 1.54) is 11.8 Å². The van der Waals surface area contributed by atoms with Gasteiger partial charge in [0.05, 0.1) is 23.3 Å². The Morgan fingerprint density at radius 3 is 2.27 bits per heavy atom. The molecule has 7 heteroatoms. The molecule has 0 saturated heterocycles. The van der Waals surface area contributed by atoms with Gasteiger partial charge in [0.15, 0.2) is 5.75 Å². The zero-order valence-electron chi connectivity index (χ0n) is 19.0. The first-order valence-corrected chi connectivity index (χ1v) is 11.8. The van der Waals surface area contributed by atoms with Crippen molar-refractivity contribution >= 4 is 35.0 Å². The highest BCUT2D eigenvalue weighted by atomic mass is 32.2. The highest BCUT2D eigenvalue weighted by Gasteiger charge is 2.17. The van der Waals surface area contributed by atoms with Gasteiger partial charge in [0.25, 0.3) is 0 Å². The van der Waals surface area contributed by atoms with Gasteiger partial charge in [0, 0.05) is 5.69 Å². The van der Waals surface area contributed by atoms with Crippen molar-refractivity contribution in [1.82, 2.24) is 0 Å². The molecule has 0 spiro atoms. The van der Waals surface area contributed by atoms with Crippen LogP contribution < -0.4 is 20.1 Å². The maximum Gasteiger partial charge on any atom is 0.237 e. The van der Waals surface area contributed by atoms with Crippen LogP contribution in [-0.2, 0) is 9.59 Å². The third kappa shape index (κ3) is 7.57. The number of hydrogen-bond acceptors (Lipinski definition) is 5. The number of thioether (sulfide) groups is 1. The molecule has 3 aromatic rings. The number of aryl methyl sites for hydroxylation is 1. The van der Waals surface area contributed by atoms with Crippen molar-refractivity contribution in [3.63, 3.8) is 0 Å². The van der Waals surface area contributed by atoms with Gasteiger partial charge in [-0.2, -0.15) is 0 Å². The van der Waals surface area contributed by atoms with Crippen molar-refractivity contribution in [2.24, 2.45) is 0 Å². The summed E-state index contributed by atoms with van der Waals surface area (Å²) in [5.41, 5.74) is 2.43. The van der Waals surface area contributed by atoms with E-state index in [1.807, 2.05) is 74.5 Å². The lowest BCUT2D eigenvalue weighted by atomic mass is 10.2. The maximum atomic E-state index is 12.7. The third-order valence-corrected chi connectivity index (χ3v) is 5.82. The van der Waals surface area contributed by atoms with E-state index in [0.717, 1.165) is 17.0 Å². The lowest BCUT2D eigenvalue weighted by molar-refractivity contribution is -0.115. The summed E-state index contributed by atoms with van der Waals surface area (Å²) < 4.78 is 11.4. The minimum absolute atomic E-state index is 0.150. The van der Waals surface area contributed by atoms with E-state index in [1.54, 1.807) is 19.1 Å². The number of anilines is 2. The number of rotatable bonds is 10. The molecule has 3 rings (SSSR count). The van der Waals surface area contributed by atoms with Crippen molar-refractivity contribution in [3.05, 3.63) is 78.4 Å². The van der Waals surface area contributed by atoms with E-state index in [0.29, 0.717) is 23.8 Å². The van der Waals surface area contributed by atoms with Crippen LogP contribution in [0, 0.1) is 6.92 Å². The maximum absolute atomic E-state index is 12.7. The summed E-state index contributed by atoms with van der Waals surface area (Å²) in [7, 11) is 0. The Morgan fingerprint density at radius 2 is 1.58 bits per heavy atom. The molecule has 172 valence electrons. The van der Waals surface area contributed by atoms with Crippen LogP contribution in [0.2, 0.25) is 0 Å². The lowest BCUT2D eigenvalue weighted by Gasteiger charge is -2.15. The Labute approximate surface area is 198 Å². The summed E-state index contributed by atoms with van der Waals surface area (Å²) >= 11 is 1.27. The van der Waals surface area contributed by atoms with Crippen molar-refractivity contribution in [2.75, 3.05) is 23.0 Å². The van der Waals surface area contributed by atoms with Crippen LogP contribution in [0.1, 0.15) is 19.4 Å². The van der Waals surface area contributed by atoms with Crippen molar-refractivity contribution < 1.29 is 19.1 Å². The predicted molar refractivity (Wildman–Crippen MR) is 134 cm³/mol. The molecule has 2 amide bonds. The lowest BCUT2D eigenvalue weighted by Crippen LogP contribution is -2.25. The second-order valence-corrected chi connectivity index (χ2v) is 8.69. The van der Waals surface area contributed by atoms with E-state index < -0.39 is 5.25 Å². The summed E-state index contributed by atoms with van der Waals surface area (Å²) in [5.74, 6) is 1.75. The van der Waals surface area contributed by atoms with Gasteiger partial charge in [-0.15, -0.1) is 11.8 Å². The van der Waals surface area contributed by atoms with E-state index in [2.05, 4.69) is 10.6 Å². The van der Waals surface area contributed by atoms with Gasteiger partial charge >= 0.3 is 0 Å². The smallest absolute Gasteiger partial charge is 0.237 e. The molecule has 0 aliphatic heterocycles. The highest BCUT2D eigenvalue weighted by Crippen LogP contribution is 2.31. The molecule has 0 heterocycles. The molecular formula is C26H28N2O4S. The molecule has 1 atom stereocenters. The summed E-state index contributed by atoms with van der Waals surface area (Å²) in [5, 5.41) is 5.32. The van der Waals surface area contributed by atoms with E-state index in [4.69, 9.17) is 9.47 Å². The average molecular weight is 465 g/mol. The molecule has 6 nitrogen and oxygen atoms in total. The third-order valence-electron chi connectivity index (χ3n) is 4.68. The second-order valence-electron chi connectivity index (χ2n) is 7.36. The predicted octanol–water partition coefficient (Wildman–Crippen LogP) is 5.88. The van der Waals surface area contributed by atoms with E-state index in [-0.39, 0.29) is 17.6 Å². The van der Waals surface area contributed by atoms with Crippen LogP contribution in [0.15, 0.2) is 72.8 Å². The molecule has 33 heavy (non-hydrogen) atoms. The fourth-order valence-corrected chi connectivity index (χ4v) is 3.59. The molecule has 2 N–H and O–H groups in total. The van der Waals surface area contributed by atoms with Gasteiger partial charge in [0.2, 0.25) is 11.8 Å². The number of para-hydroxylation sites is 2. The normalized spacial score (nSPS) is 11.4. The SMILES string of the molecule is CCOc1ccc(Oc2ccccc2NC(=O)C(C)SCC(=O)Nc2ccc(C)cc2)cc1. The largest absolute Gasteiger partial charge is 0.494 e. The number of amides is 2. The Bertz CT molecular complexity index is 1070. The molecule has 0 aromatic heterocycles. The van der Waals surface area contributed by atoms with Crippen LogP contribution in [0.4, 0.5) is 11.4 Å². The molecule has 1 unspecified atom stereocenters. The first-order valence-electron chi connectivity index (χ1n) is 10.7. The van der Waals surface area contributed by atoms with E-state index >= 15 is 0 Å². The minimum Gasteiger partial charge on any atom is -0.494 e. The first kappa shape index (κ1) is 24.2. The van der Waals surface area contributed by atoms with Gasteiger partial charge in [-0.05, 0) is 69.3 Å². The molecule has 0 aliphatic carbocycles. The molecule has 3 aromatic carbocycles. The molecule has 0 bridgehead atoms. The summed E-state index contributed by atoms with van der Waals surface area (Å²) in [6, 6.07) is 22.1. The topological polar surface area (TPSA) is 76.7 Å². The number of nitrogens with one attached hydrogen (secondary N) is 2. The van der Waals surface area contributed by atoms with Gasteiger partial charge in [-0.25, -0.2) is 0 Å². The highest BCUT2D eigenvalue weighted by molar-refractivity contribution is 8.01. The van der Waals surface area contributed by atoms with Crippen LogP contribution in [0.3, 0.4) is 0 Å². The standard InChI is InChI=1S/C26H28N2O4S/c1-4-31-21-13-15-22(16-14-21)32-24-8-6-5-7-23(24)28-26(30)19(3)33-17-25(29)27-20-11-9-18(2)10-12-20/h5-16,19H,4,17H2,1-3H3,(H,27,29)(H,28,30). The molecular weight excluding hydrogens is 436 g/mol. The fraction of sp³-hybridized carbons (Fsp3) is 0.231. The number of benzene rings is 3. The van der Waals surface area contributed by atoms with Crippen LogP contribution in [0.25, 0.3) is 0 Å². The molecule has 0 fully saturated rings. The zero-order chi connectivity index (χ0) is 23.6. The van der Waals surface area contributed by atoms with Gasteiger partial charge < -0.3 is 20.1 Å². The quantitative estimate of drug-likeness (QED) is 0.392. The number of carbonyl (C=O) groups is 2. The van der Waals surface area contributed by atoms with Crippen LogP contribution in [0.5, 0.6) is 17.2 Å². The molecule has 0 radical (unpaired) electrons. The van der Waals surface area contributed by atoms with Crippen molar-refractivity contribution in [1.29, 1.82) is 0 Å². The molecule has 0 aliphatic rings. The van der Waals surface area contributed by atoms with Crippen LogP contribution >= 0.6 is 11.8 Å². The Morgan fingerprint density at radius 1 is 0.909 bits per heavy atom. The van der Waals surface area contributed by atoms with Gasteiger partial charge in [-0.1, -0.05) is 29.8 Å². The first-order chi connectivity index (χ1) is 15.9. The zero-order valence-corrected chi connectivity index (χ0v) is 19.8. The second kappa shape index (κ2) is 12.0. The van der Waals surface area contributed by atoms with Gasteiger partial charge in [0.1, 0.15) is 11.5 Å². The Hall–Kier alpha value is -3.45. The molecule has 0 saturated carbocycles. The monoisotopic (exact) mass is 464 g/mol. The van der Waals surface area contributed by atoms with Gasteiger partial charge in [-0.3, -0.25) is 9.59 Å². The van der Waals surface area contributed by atoms with E-state index in [9.17, 15) is 9.59 Å².